The Balaban J connectivity index is 2.84. The molecule has 0 atom stereocenters. The molecule has 1 aromatic rings. The molecule has 0 saturated carbocycles. The van der Waals surface area contributed by atoms with E-state index in [1.54, 1.807) is 4.90 Å². The van der Waals surface area contributed by atoms with E-state index in [-0.39, 0.29) is 11.6 Å². The fourth-order valence-corrected chi connectivity index (χ4v) is 1.80. The molecule has 1 rings (SSSR count). The van der Waals surface area contributed by atoms with E-state index in [1.807, 2.05) is 6.92 Å². The maximum absolute atomic E-state index is 12.1. The van der Waals surface area contributed by atoms with Gasteiger partial charge in [-0.1, -0.05) is 6.92 Å². The average Bonchev–Trinajstić information content (AvgIpc) is 2.38. The molecule has 0 fully saturated rings. The minimum atomic E-state index is -0.489. The maximum Gasteiger partial charge on any atom is 0.269 e. The molecule has 1 aromatic carbocycles. The summed E-state index contributed by atoms with van der Waals surface area (Å²) in [5.41, 5.74) is 0.421. The van der Waals surface area contributed by atoms with E-state index in [2.05, 4.69) is 0 Å². The Bertz CT molecular complexity index is 414. The number of rotatable bonds is 6. The first-order valence-corrected chi connectivity index (χ1v) is 6.23. The van der Waals surface area contributed by atoms with E-state index in [0.29, 0.717) is 24.5 Å². The van der Waals surface area contributed by atoms with Crippen LogP contribution in [0.3, 0.4) is 0 Å². The molecule has 0 aromatic heterocycles. The monoisotopic (exact) mass is 270 g/mol. The second-order valence-corrected chi connectivity index (χ2v) is 4.16. The van der Waals surface area contributed by atoms with Crippen LogP contribution in [-0.4, -0.2) is 34.7 Å². The molecule has 0 bridgehead atoms. The Morgan fingerprint density at radius 1 is 1.33 bits per heavy atom. The van der Waals surface area contributed by atoms with Crippen molar-refractivity contribution in [2.45, 2.75) is 13.3 Å². The summed E-state index contributed by atoms with van der Waals surface area (Å²) in [4.78, 5) is 23.8. The topological polar surface area (TPSA) is 63.5 Å². The second kappa shape index (κ2) is 6.96. The van der Waals surface area contributed by atoms with Gasteiger partial charge in [-0.25, -0.2) is 0 Å². The summed E-state index contributed by atoms with van der Waals surface area (Å²) in [6, 6.07) is 5.60. The summed E-state index contributed by atoms with van der Waals surface area (Å²) in [5.74, 6) is 0.228. The highest BCUT2D eigenvalue weighted by Gasteiger charge is 2.15. The quantitative estimate of drug-likeness (QED) is 0.453. The van der Waals surface area contributed by atoms with Gasteiger partial charge in [-0.2, -0.15) is 0 Å². The first-order valence-electron chi connectivity index (χ1n) is 5.69. The van der Waals surface area contributed by atoms with E-state index in [9.17, 15) is 14.9 Å². The lowest BCUT2D eigenvalue weighted by Gasteiger charge is -2.20. The standard InChI is InChI=1S/C12H15ClN2O3/c1-2-8-14(9-7-13)12(16)10-3-5-11(6-4-10)15(17)18/h3-6H,2,7-9H2,1H3. The van der Waals surface area contributed by atoms with Crippen LogP contribution in [-0.2, 0) is 0 Å². The van der Waals surface area contributed by atoms with Crippen LogP contribution < -0.4 is 0 Å². The molecule has 0 saturated heterocycles. The number of non-ortho nitro benzene ring substituents is 1. The third-order valence-corrected chi connectivity index (χ3v) is 2.63. The van der Waals surface area contributed by atoms with Gasteiger partial charge in [0, 0.05) is 36.7 Å². The minimum absolute atomic E-state index is 0.0223. The van der Waals surface area contributed by atoms with Crippen molar-refractivity contribution in [3.8, 4) is 0 Å². The lowest BCUT2D eigenvalue weighted by molar-refractivity contribution is -0.384. The minimum Gasteiger partial charge on any atom is -0.337 e. The fourth-order valence-electron chi connectivity index (χ4n) is 1.60. The van der Waals surface area contributed by atoms with Gasteiger partial charge < -0.3 is 4.90 Å². The van der Waals surface area contributed by atoms with Gasteiger partial charge in [0.2, 0.25) is 0 Å². The second-order valence-electron chi connectivity index (χ2n) is 3.79. The number of halogens is 1. The van der Waals surface area contributed by atoms with Crippen molar-refractivity contribution in [3.05, 3.63) is 39.9 Å². The summed E-state index contributed by atoms with van der Waals surface area (Å²) in [6.07, 6.45) is 0.843. The van der Waals surface area contributed by atoms with Gasteiger partial charge in [-0.05, 0) is 18.6 Å². The first-order chi connectivity index (χ1) is 8.60. The highest BCUT2D eigenvalue weighted by atomic mass is 35.5. The number of carbonyl (C=O) groups is 1. The largest absolute Gasteiger partial charge is 0.337 e. The Morgan fingerprint density at radius 2 is 1.94 bits per heavy atom. The van der Waals surface area contributed by atoms with Crippen LogP contribution in [0.5, 0.6) is 0 Å². The van der Waals surface area contributed by atoms with Crippen LogP contribution in [0.25, 0.3) is 0 Å². The molecule has 0 aliphatic heterocycles. The number of nitrogens with zero attached hydrogens (tertiary/aromatic N) is 2. The molecule has 0 spiro atoms. The molecule has 5 nitrogen and oxygen atoms in total. The van der Waals surface area contributed by atoms with Crippen molar-refractivity contribution < 1.29 is 9.72 Å². The summed E-state index contributed by atoms with van der Waals surface area (Å²) >= 11 is 5.65. The molecule has 0 aliphatic rings. The van der Waals surface area contributed by atoms with Crippen LogP contribution >= 0.6 is 11.6 Å². The van der Waals surface area contributed by atoms with Crippen molar-refractivity contribution in [2.75, 3.05) is 19.0 Å². The molecule has 6 heteroatoms. The molecule has 1 amide bonds. The third kappa shape index (κ3) is 3.70. The zero-order chi connectivity index (χ0) is 13.5. The molecule has 0 heterocycles. The van der Waals surface area contributed by atoms with Crippen molar-refractivity contribution in [1.29, 1.82) is 0 Å². The van der Waals surface area contributed by atoms with Gasteiger partial charge in [-0.3, -0.25) is 14.9 Å². The molecule has 0 radical (unpaired) electrons. The predicted octanol–water partition coefficient (Wildman–Crippen LogP) is 2.69. The number of amides is 1. The first kappa shape index (κ1) is 14.4. The van der Waals surface area contributed by atoms with Gasteiger partial charge in [-0.15, -0.1) is 11.6 Å². The van der Waals surface area contributed by atoms with Crippen molar-refractivity contribution in [1.82, 2.24) is 4.90 Å². The number of nitro groups is 1. The Kier molecular flexibility index (Phi) is 5.58. The molecule has 98 valence electrons. The molecule has 0 unspecified atom stereocenters. The molecular formula is C12H15ClN2O3. The third-order valence-electron chi connectivity index (χ3n) is 2.46. The summed E-state index contributed by atoms with van der Waals surface area (Å²) in [7, 11) is 0. The molecule has 0 aliphatic carbocycles. The SMILES string of the molecule is CCCN(CCCl)C(=O)c1ccc([N+](=O)[O-])cc1. The Labute approximate surface area is 110 Å². The fraction of sp³-hybridized carbons (Fsp3) is 0.417. The lowest BCUT2D eigenvalue weighted by Crippen LogP contribution is -2.33. The van der Waals surface area contributed by atoms with Gasteiger partial charge in [0.1, 0.15) is 0 Å². The smallest absolute Gasteiger partial charge is 0.269 e. The predicted molar refractivity (Wildman–Crippen MR) is 70.0 cm³/mol. The van der Waals surface area contributed by atoms with Crippen molar-refractivity contribution >= 4 is 23.2 Å². The number of hydrogen-bond donors (Lipinski definition) is 0. The van der Waals surface area contributed by atoms with Crippen molar-refractivity contribution in [3.63, 3.8) is 0 Å². The van der Waals surface area contributed by atoms with Crippen LogP contribution in [0.4, 0.5) is 5.69 Å². The Hall–Kier alpha value is -1.62. The zero-order valence-corrected chi connectivity index (χ0v) is 10.9. The van der Waals surface area contributed by atoms with Gasteiger partial charge in [0.15, 0.2) is 0 Å². The molecular weight excluding hydrogens is 256 g/mol. The van der Waals surface area contributed by atoms with E-state index in [0.717, 1.165) is 6.42 Å². The molecule has 18 heavy (non-hydrogen) atoms. The number of nitro benzene ring substituents is 1. The van der Waals surface area contributed by atoms with Crippen LogP contribution in [0.1, 0.15) is 23.7 Å². The van der Waals surface area contributed by atoms with E-state index >= 15 is 0 Å². The normalized spacial score (nSPS) is 10.1. The highest BCUT2D eigenvalue weighted by molar-refractivity contribution is 6.18. The van der Waals surface area contributed by atoms with Crippen LogP contribution in [0.15, 0.2) is 24.3 Å². The van der Waals surface area contributed by atoms with E-state index in [1.165, 1.54) is 24.3 Å². The van der Waals surface area contributed by atoms with E-state index < -0.39 is 4.92 Å². The average molecular weight is 271 g/mol. The van der Waals surface area contributed by atoms with Crippen molar-refractivity contribution in [2.24, 2.45) is 0 Å². The number of alkyl halides is 1. The summed E-state index contributed by atoms with van der Waals surface area (Å²) < 4.78 is 0. The zero-order valence-electron chi connectivity index (χ0n) is 10.1. The lowest BCUT2D eigenvalue weighted by atomic mass is 10.2. The van der Waals surface area contributed by atoms with E-state index in [4.69, 9.17) is 11.6 Å². The maximum atomic E-state index is 12.1. The number of benzene rings is 1. The van der Waals surface area contributed by atoms with Crippen LogP contribution in [0.2, 0.25) is 0 Å². The number of hydrogen-bond acceptors (Lipinski definition) is 3. The summed E-state index contributed by atoms with van der Waals surface area (Å²) in [6.45, 7) is 3.08. The van der Waals surface area contributed by atoms with Crippen LogP contribution in [0, 0.1) is 10.1 Å². The molecule has 0 N–H and O–H groups in total. The highest BCUT2D eigenvalue weighted by Crippen LogP contribution is 2.13. The Morgan fingerprint density at radius 3 is 2.39 bits per heavy atom. The van der Waals surface area contributed by atoms with Gasteiger partial charge in [0.05, 0.1) is 4.92 Å². The van der Waals surface area contributed by atoms with Gasteiger partial charge >= 0.3 is 0 Å². The number of carbonyl (C=O) groups excluding carboxylic acids is 1. The summed E-state index contributed by atoms with van der Waals surface area (Å²) in [5, 5.41) is 10.5. The van der Waals surface area contributed by atoms with Gasteiger partial charge in [0.25, 0.3) is 11.6 Å².